The Labute approximate surface area is 228 Å². The fraction of sp³-hybridized carbons (Fsp3) is 0.107. The minimum atomic E-state index is -3.83. The van der Waals surface area contributed by atoms with Crippen molar-refractivity contribution in [2.24, 2.45) is 0 Å². The molecular formula is C28H27N3O6S2. The van der Waals surface area contributed by atoms with Gasteiger partial charge in [0.1, 0.15) is 18.0 Å². The van der Waals surface area contributed by atoms with Crippen LogP contribution >= 0.6 is 0 Å². The standard InChI is InChI=1S/C28H27N3O6S2/c1-21-7-6-8-23(19-21)30-39(35,36)27-17-11-22(12-18-27)29-28(32)20-31(38(2,33)34)24-13-15-26(16-14-24)37-25-9-4-3-5-10-25/h3-19,30H,20H2,1-2H3,(H,29,32). The molecule has 0 aliphatic rings. The molecule has 202 valence electrons. The Bertz CT molecular complexity index is 1660. The van der Waals surface area contributed by atoms with Gasteiger partial charge in [0, 0.05) is 11.4 Å². The van der Waals surface area contributed by atoms with E-state index in [1.165, 1.54) is 24.3 Å². The topological polar surface area (TPSA) is 122 Å². The molecule has 0 saturated carbocycles. The average molecular weight is 566 g/mol. The lowest BCUT2D eigenvalue weighted by Gasteiger charge is -2.22. The van der Waals surface area contributed by atoms with Gasteiger partial charge in [-0.3, -0.25) is 13.8 Å². The molecule has 0 radical (unpaired) electrons. The van der Waals surface area contributed by atoms with Gasteiger partial charge in [0.15, 0.2) is 0 Å². The zero-order chi connectivity index (χ0) is 28.0. The summed E-state index contributed by atoms with van der Waals surface area (Å²) in [6.07, 6.45) is 1.01. The van der Waals surface area contributed by atoms with Crippen molar-refractivity contribution in [3.05, 3.63) is 109 Å². The number of amides is 1. The van der Waals surface area contributed by atoms with Crippen LogP contribution in [-0.2, 0) is 24.8 Å². The molecule has 4 aromatic carbocycles. The molecule has 4 aromatic rings. The maximum absolute atomic E-state index is 12.7. The van der Waals surface area contributed by atoms with Gasteiger partial charge in [-0.15, -0.1) is 0 Å². The minimum Gasteiger partial charge on any atom is -0.457 e. The lowest BCUT2D eigenvalue weighted by Crippen LogP contribution is -2.37. The van der Waals surface area contributed by atoms with Crippen LogP contribution in [0.1, 0.15) is 5.56 Å². The SMILES string of the molecule is Cc1cccc(NS(=O)(=O)c2ccc(NC(=O)CN(c3ccc(Oc4ccccc4)cc3)S(C)(=O)=O)cc2)c1. The van der Waals surface area contributed by atoms with Gasteiger partial charge < -0.3 is 10.1 Å². The summed E-state index contributed by atoms with van der Waals surface area (Å²) in [6.45, 7) is 1.38. The van der Waals surface area contributed by atoms with Crippen molar-refractivity contribution in [2.45, 2.75) is 11.8 Å². The van der Waals surface area contributed by atoms with E-state index in [9.17, 15) is 21.6 Å². The van der Waals surface area contributed by atoms with Crippen LogP contribution in [0.3, 0.4) is 0 Å². The van der Waals surface area contributed by atoms with Crippen LogP contribution in [0.15, 0.2) is 108 Å². The predicted molar refractivity (Wildman–Crippen MR) is 152 cm³/mol. The first-order valence-corrected chi connectivity index (χ1v) is 15.1. The summed E-state index contributed by atoms with van der Waals surface area (Å²) in [5.74, 6) is 0.544. The van der Waals surface area contributed by atoms with Crippen molar-refractivity contribution in [2.75, 3.05) is 27.1 Å². The molecule has 0 bridgehead atoms. The third-order valence-electron chi connectivity index (χ3n) is 5.51. The summed E-state index contributed by atoms with van der Waals surface area (Å²) in [5, 5.41) is 2.61. The second kappa shape index (κ2) is 11.6. The van der Waals surface area contributed by atoms with Gasteiger partial charge in [0.25, 0.3) is 10.0 Å². The summed E-state index contributed by atoms with van der Waals surface area (Å²) < 4.78 is 59.6. The fourth-order valence-corrected chi connectivity index (χ4v) is 5.58. The smallest absolute Gasteiger partial charge is 0.261 e. The van der Waals surface area contributed by atoms with E-state index < -0.39 is 32.5 Å². The largest absolute Gasteiger partial charge is 0.457 e. The van der Waals surface area contributed by atoms with Crippen LogP contribution in [0.25, 0.3) is 0 Å². The molecule has 0 unspecified atom stereocenters. The third kappa shape index (κ3) is 7.59. The van der Waals surface area contributed by atoms with E-state index in [0.29, 0.717) is 22.9 Å². The lowest BCUT2D eigenvalue weighted by atomic mass is 10.2. The average Bonchev–Trinajstić information content (AvgIpc) is 2.88. The summed E-state index contributed by atoms with van der Waals surface area (Å²) in [6, 6.07) is 28.0. The van der Waals surface area contributed by atoms with Gasteiger partial charge in [-0.05, 0) is 85.3 Å². The number of hydrogen-bond acceptors (Lipinski definition) is 6. The number of nitrogens with zero attached hydrogens (tertiary/aromatic N) is 1. The molecule has 0 heterocycles. The number of ether oxygens (including phenoxy) is 1. The van der Waals surface area contributed by atoms with Crippen molar-refractivity contribution in [3.63, 3.8) is 0 Å². The van der Waals surface area contributed by atoms with Gasteiger partial charge >= 0.3 is 0 Å². The number of para-hydroxylation sites is 1. The highest BCUT2D eigenvalue weighted by Gasteiger charge is 2.21. The van der Waals surface area contributed by atoms with E-state index >= 15 is 0 Å². The van der Waals surface area contributed by atoms with E-state index in [1.54, 1.807) is 54.6 Å². The van der Waals surface area contributed by atoms with Crippen LogP contribution in [-0.4, -0.2) is 35.5 Å². The Hall–Kier alpha value is -4.35. The number of hydrogen-bond donors (Lipinski definition) is 2. The number of anilines is 3. The number of rotatable bonds is 10. The number of sulfonamides is 2. The second-order valence-electron chi connectivity index (χ2n) is 8.73. The van der Waals surface area contributed by atoms with E-state index in [-0.39, 0.29) is 10.6 Å². The van der Waals surface area contributed by atoms with Crippen LogP contribution in [0.5, 0.6) is 11.5 Å². The number of aryl methyl sites for hydroxylation is 1. The van der Waals surface area contributed by atoms with E-state index in [4.69, 9.17) is 4.74 Å². The van der Waals surface area contributed by atoms with Gasteiger partial charge in [-0.1, -0.05) is 30.3 Å². The maximum Gasteiger partial charge on any atom is 0.261 e. The molecule has 0 aromatic heterocycles. The zero-order valence-electron chi connectivity index (χ0n) is 21.2. The fourth-order valence-electron chi connectivity index (χ4n) is 3.68. The Balaban J connectivity index is 1.42. The summed E-state index contributed by atoms with van der Waals surface area (Å²) in [5.41, 5.74) is 1.95. The molecule has 0 saturated heterocycles. The Morgan fingerprint density at radius 1 is 0.769 bits per heavy atom. The quantitative estimate of drug-likeness (QED) is 0.279. The number of nitrogens with one attached hydrogen (secondary N) is 2. The van der Waals surface area contributed by atoms with Crippen LogP contribution in [0, 0.1) is 6.92 Å². The van der Waals surface area contributed by atoms with E-state index in [2.05, 4.69) is 10.0 Å². The Morgan fingerprint density at radius 2 is 1.41 bits per heavy atom. The lowest BCUT2D eigenvalue weighted by molar-refractivity contribution is -0.114. The van der Waals surface area contributed by atoms with Crippen LogP contribution in [0.2, 0.25) is 0 Å². The van der Waals surface area contributed by atoms with Crippen molar-refractivity contribution in [1.82, 2.24) is 0 Å². The first kappa shape index (κ1) is 27.7. The highest BCUT2D eigenvalue weighted by atomic mass is 32.2. The molecule has 0 spiro atoms. The van der Waals surface area contributed by atoms with E-state index in [0.717, 1.165) is 16.1 Å². The van der Waals surface area contributed by atoms with Gasteiger partial charge in [-0.2, -0.15) is 0 Å². The monoisotopic (exact) mass is 565 g/mol. The van der Waals surface area contributed by atoms with Crippen molar-refractivity contribution >= 4 is 43.0 Å². The predicted octanol–water partition coefficient (Wildman–Crippen LogP) is 4.99. The molecule has 0 aliphatic heterocycles. The molecule has 0 aliphatic carbocycles. The second-order valence-corrected chi connectivity index (χ2v) is 12.3. The first-order valence-electron chi connectivity index (χ1n) is 11.8. The molecule has 0 fully saturated rings. The highest BCUT2D eigenvalue weighted by Crippen LogP contribution is 2.26. The van der Waals surface area contributed by atoms with Gasteiger partial charge in [0.2, 0.25) is 15.9 Å². The third-order valence-corrected chi connectivity index (χ3v) is 8.05. The Kier molecular flexibility index (Phi) is 8.22. The molecule has 2 N–H and O–H groups in total. The summed E-state index contributed by atoms with van der Waals surface area (Å²) in [7, 11) is -7.63. The first-order chi connectivity index (χ1) is 18.5. The summed E-state index contributed by atoms with van der Waals surface area (Å²) >= 11 is 0. The number of carbonyl (C=O) groups is 1. The molecular weight excluding hydrogens is 538 g/mol. The van der Waals surface area contributed by atoms with Gasteiger partial charge in [0.05, 0.1) is 16.8 Å². The minimum absolute atomic E-state index is 0.0116. The van der Waals surface area contributed by atoms with Crippen molar-refractivity contribution < 1.29 is 26.4 Å². The highest BCUT2D eigenvalue weighted by molar-refractivity contribution is 7.92. The molecule has 39 heavy (non-hydrogen) atoms. The molecule has 0 atom stereocenters. The van der Waals surface area contributed by atoms with Crippen LogP contribution in [0.4, 0.5) is 17.1 Å². The molecule has 11 heteroatoms. The number of carbonyl (C=O) groups excluding carboxylic acids is 1. The molecule has 9 nitrogen and oxygen atoms in total. The molecule has 4 rings (SSSR count). The van der Waals surface area contributed by atoms with Crippen molar-refractivity contribution in [3.8, 4) is 11.5 Å². The Morgan fingerprint density at radius 3 is 2.03 bits per heavy atom. The maximum atomic E-state index is 12.7. The summed E-state index contributed by atoms with van der Waals surface area (Å²) in [4.78, 5) is 12.7. The van der Waals surface area contributed by atoms with Crippen molar-refractivity contribution in [1.29, 1.82) is 0 Å². The zero-order valence-corrected chi connectivity index (χ0v) is 22.9. The number of benzene rings is 4. The van der Waals surface area contributed by atoms with Crippen LogP contribution < -0.4 is 19.1 Å². The molecule has 1 amide bonds. The van der Waals surface area contributed by atoms with Gasteiger partial charge in [-0.25, -0.2) is 16.8 Å². The normalized spacial score (nSPS) is 11.4. The van der Waals surface area contributed by atoms with E-state index in [1.807, 2.05) is 31.2 Å².